The number of halogens is 3. The van der Waals surface area contributed by atoms with Crippen molar-refractivity contribution >= 4 is 70.7 Å². The third-order valence-corrected chi connectivity index (χ3v) is 4.70. The van der Waals surface area contributed by atoms with E-state index in [9.17, 15) is 4.79 Å². The van der Waals surface area contributed by atoms with Crippen LogP contribution >= 0.6 is 59.1 Å². The van der Waals surface area contributed by atoms with Crippen molar-refractivity contribution in [2.75, 3.05) is 5.32 Å². The SMILES string of the molecule is O=C(Nc1cc(Br)ccc1Br)c1csc(Br)c1. The van der Waals surface area contributed by atoms with Crippen LogP contribution in [0.4, 0.5) is 5.69 Å². The Morgan fingerprint density at radius 3 is 2.59 bits per heavy atom. The second kappa shape index (κ2) is 5.65. The van der Waals surface area contributed by atoms with Crippen molar-refractivity contribution in [3.63, 3.8) is 0 Å². The lowest BCUT2D eigenvalue weighted by Gasteiger charge is -2.06. The number of anilines is 1. The number of rotatable bonds is 2. The summed E-state index contributed by atoms with van der Waals surface area (Å²) in [7, 11) is 0. The molecule has 2 aromatic rings. The van der Waals surface area contributed by atoms with E-state index >= 15 is 0 Å². The molecule has 0 aliphatic heterocycles. The van der Waals surface area contributed by atoms with Gasteiger partial charge in [0.1, 0.15) is 0 Å². The van der Waals surface area contributed by atoms with Gasteiger partial charge in [-0.1, -0.05) is 15.9 Å². The van der Waals surface area contributed by atoms with E-state index in [0.29, 0.717) is 5.56 Å². The fourth-order valence-electron chi connectivity index (χ4n) is 1.22. The van der Waals surface area contributed by atoms with Crippen LogP contribution in [0.15, 0.2) is 42.4 Å². The second-order valence-corrected chi connectivity index (χ2v) is 7.28. The zero-order valence-electron chi connectivity index (χ0n) is 8.34. The molecule has 1 heterocycles. The first-order valence-electron chi connectivity index (χ1n) is 4.56. The molecule has 0 atom stereocenters. The van der Waals surface area contributed by atoms with Gasteiger partial charge in [0, 0.05) is 14.3 Å². The monoisotopic (exact) mass is 437 g/mol. The van der Waals surface area contributed by atoms with Crippen molar-refractivity contribution in [1.82, 2.24) is 0 Å². The summed E-state index contributed by atoms with van der Waals surface area (Å²) in [5, 5.41) is 4.66. The predicted octanol–water partition coefficient (Wildman–Crippen LogP) is 5.29. The van der Waals surface area contributed by atoms with E-state index in [0.717, 1.165) is 18.4 Å². The molecular formula is C11H6Br3NOS. The number of carbonyl (C=O) groups is 1. The fourth-order valence-corrected chi connectivity index (χ4v) is 3.06. The van der Waals surface area contributed by atoms with Crippen molar-refractivity contribution in [2.45, 2.75) is 0 Å². The Balaban J connectivity index is 2.21. The Bertz CT molecular complexity index is 568. The molecule has 6 heteroatoms. The van der Waals surface area contributed by atoms with Crippen LogP contribution in [0.3, 0.4) is 0 Å². The topological polar surface area (TPSA) is 29.1 Å². The van der Waals surface area contributed by atoms with Crippen LogP contribution in [0, 0.1) is 0 Å². The van der Waals surface area contributed by atoms with Crippen LogP contribution < -0.4 is 5.32 Å². The van der Waals surface area contributed by atoms with E-state index in [4.69, 9.17) is 0 Å². The van der Waals surface area contributed by atoms with Crippen molar-refractivity contribution in [1.29, 1.82) is 0 Å². The Kier molecular flexibility index (Phi) is 4.41. The molecule has 1 aromatic carbocycles. The van der Waals surface area contributed by atoms with Gasteiger partial charge in [0.2, 0.25) is 0 Å². The van der Waals surface area contributed by atoms with E-state index in [2.05, 4.69) is 53.1 Å². The molecule has 0 spiro atoms. The molecule has 0 fully saturated rings. The summed E-state index contributed by atoms with van der Waals surface area (Å²) in [6.45, 7) is 0. The highest BCUT2D eigenvalue weighted by atomic mass is 79.9. The predicted molar refractivity (Wildman–Crippen MR) is 81.8 cm³/mol. The summed E-state index contributed by atoms with van der Waals surface area (Å²) >= 11 is 11.6. The molecule has 0 radical (unpaired) electrons. The van der Waals surface area contributed by atoms with Crippen LogP contribution in [0.5, 0.6) is 0 Å². The van der Waals surface area contributed by atoms with Gasteiger partial charge >= 0.3 is 0 Å². The molecule has 1 N–H and O–H groups in total. The average molecular weight is 440 g/mol. The van der Waals surface area contributed by atoms with E-state index in [1.54, 1.807) is 6.07 Å². The van der Waals surface area contributed by atoms with Crippen molar-refractivity contribution in [2.24, 2.45) is 0 Å². The van der Waals surface area contributed by atoms with Gasteiger partial charge in [-0.25, -0.2) is 0 Å². The molecule has 2 rings (SSSR count). The molecular weight excluding hydrogens is 434 g/mol. The summed E-state index contributed by atoms with van der Waals surface area (Å²) in [5.41, 5.74) is 1.39. The lowest BCUT2D eigenvalue weighted by Crippen LogP contribution is -2.11. The first-order chi connectivity index (χ1) is 8.06. The smallest absolute Gasteiger partial charge is 0.256 e. The summed E-state index contributed by atoms with van der Waals surface area (Å²) in [6, 6.07) is 7.43. The average Bonchev–Trinajstić information content (AvgIpc) is 2.70. The zero-order valence-corrected chi connectivity index (χ0v) is 13.9. The molecule has 88 valence electrons. The molecule has 0 saturated carbocycles. The van der Waals surface area contributed by atoms with Crippen LogP contribution in [0.2, 0.25) is 0 Å². The van der Waals surface area contributed by atoms with Gasteiger partial charge in [0.25, 0.3) is 5.91 Å². The van der Waals surface area contributed by atoms with E-state index in [-0.39, 0.29) is 5.91 Å². The minimum absolute atomic E-state index is 0.120. The Morgan fingerprint density at radius 2 is 1.94 bits per heavy atom. The largest absolute Gasteiger partial charge is 0.321 e. The number of benzene rings is 1. The quantitative estimate of drug-likeness (QED) is 0.677. The van der Waals surface area contributed by atoms with Gasteiger partial charge in [-0.15, -0.1) is 11.3 Å². The highest BCUT2D eigenvalue weighted by molar-refractivity contribution is 9.11. The highest BCUT2D eigenvalue weighted by Gasteiger charge is 2.10. The maximum atomic E-state index is 11.9. The standard InChI is InChI=1S/C11H6Br3NOS/c12-7-1-2-8(13)9(4-7)15-11(16)6-3-10(14)17-5-6/h1-5H,(H,15,16). The van der Waals surface area contributed by atoms with E-state index in [1.165, 1.54) is 11.3 Å². The molecule has 17 heavy (non-hydrogen) atoms. The summed E-state index contributed by atoms with van der Waals surface area (Å²) in [4.78, 5) is 11.9. The number of carbonyl (C=O) groups excluding carboxylic acids is 1. The maximum Gasteiger partial charge on any atom is 0.256 e. The first-order valence-corrected chi connectivity index (χ1v) is 7.82. The van der Waals surface area contributed by atoms with Crippen LogP contribution in [0.1, 0.15) is 10.4 Å². The second-order valence-electron chi connectivity index (χ2n) is 3.22. The Labute approximate surface area is 128 Å². The summed E-state index contributed by atoms with van der Waals surface area (Å²) in [5.74, 6) is -0.120. The van der Waals surface area contributed by atoms with E-state index < -0.39 is 0 Å². The summed E-state index contributed by atoms with van der Waals surface area (Å²) < 4.78 is 2.71. The molecule has 0 unspecified atom stereocenters. The van der Waals surface area contributed by atoms with Crippen LogP contribution in [-0.2, 0) is 0 Å². The van der Waals surface area contributed by atoms with Gasteiger partial charge in [0.15, 0.2) is 0 Å². The van der Waals surface area contributed by atoms with Crippen LogP contribution in [0.25, 0.3) is 0 Å². The minimum atomic E-state index is -0.120. The van der Waals surface area contributed by atoms with Crippen LogP contribution in [-0.4, -0.2) is 5.91 Å². The number of amides is 1. The minimum Gasteiger partial charge on any atom is -0.321 e. The van der Waals surface area contributed by atoms with Crippen molar-refractivity contribution < 1.29 is 4.79 Å². The molecule has 0 aliphatic carbocycles. The first kappa shape index (κ1) is 13.3. The fraction of sp³-hybridized carbons (Fsp3) is 0. The molecule has 1 aromatic heterocycles. The molecule has 0 bridgehead atoms. The molecule has 0 saturated heterocycles. The van der Waals surface area contributed by atoms with Gasteiger partial charge in [0.05, 0.1) is 15.0 Å². The third-order valence-electron chi connectivity index (χ3n) is 2.01. The Hall–Kier alpha value is -0.170. The molecule has 1 amide bonds. The van der Waals surface area contributed by atoms with E-state index in [1.807, 2.05) is 23.6 Å². The van der Waals surface area contributed by atoms with Gasteiger partial charge in [-0.3, -0.25) is 4.79 Å². The third kappa shape index (κ3) is 3.40. The maximum absolute atomic E-state index is 11.9. The highest BCUT2D eigenvalue weighted by Crippen LogP contribution is 2.27. The van der Waals surface area contributed by atoms with Gasteiger partial charge in [-0.05, 0) is 56.1 Å². The normalized spacial score (nSPS) is 10.3. The van der Waals surface area contributed by atoms with Crippen molar-refractivity contribution in [3.05, 3.63) is 47.9 Å². The number of thiophene rings is 1. The lowest BCUT2D eigenvalue weighted by molar-refractivity contribution is 0.102. The van der Waals surface area contributed by atoms with Gasteiger partial charge < -0.3 is 5.32 Å². The van der Waals surface area contributed by atoms with Crippen molar-refractivity contribution in [3.8, 4) is 0 Å². The van der Waals surface area contributed by atoms with Gasteiger partial charge in [-0.2, -0.15) is 0 Å². The Morgan fingerprint density at radius 1 is 1.18 bits per heavy atom. The molecule has 0 aliphatic rings. The number of hydrogen-bond acceptors (Lipinski definition) is 2. The molecule has 2 nitrogen and oxygen atoms in total. The number of nitrogens with one attached hydrogen (secondary N) is 1. The summed E-state index contributed by atoms with van der Waals surface area (Å²) in [6.07, 6.45) is 0. The number of hydrogen-bond donors (Lipinski definition) is 1. The lowest BCUT2D eigenvalue weighted by atomic mass is 10.3. The zero-order chi connectivity index (χ0) is 12.4.